The second kappa shape index (κ2) is 7.65. The van der Waals surface area contributed by atoms with Gasteiger partial charge in [-0.15, -0.1) is 0 Å². The van der Waals surface area contributed by atoms with Gasteiger partial charge < -0.3 is 15.8 Å². The summed E-state index contributed by atoms with van der Waals surface area (Å²) in [5.41, 5.74) is 7.58. The molecule has 1 aromatic carbocycles. The number of sulfonamides is 1. The summed E-state index contributed by atoms with van der Waals surface area (Å²) in [6.45, 7) is 3.02. The van der Waals surface area contributed by atoms with Crippen molar-refractivity contribution in [3.63, 3.8) is 0 Å². The van der Waals surface area contributed by atoms with Crippen LogP contribution < -0.4 is 15.4 Å². The van der Waals surface area contributed by atoms with Crippen LogP contribution in [0.4, 0.5) is 5.69 Å². The maximum Gasteiger partial charge on any atom is 0.237 e. The summed E-state index contributed by atoms with van der Waals surface area (Å²) < 4.78 is 31.4. The summed E-state index contributed by atoms with van der Waals surface area (Å²) >= 11 is 0. The Balaban J connectivity index is 1.93. The fourth-order valence-electron chi connectivity index (χ4n) is 2.58. The zero-order valence-electron chi connectivity index (χ0n) is 13.5. The fraction of sp³-hybridized carbons (Fsp3) is 0.533. The average Bonchev–Trinajstić information content (AvgIpc) is 2.91. The Kier molecular flexibility index (Phi) is 5.84. The summed E-state index contributed by atoms with van der Waals surface area (Å²) in [5.74, 6) is 0.161. The summed E-state index contributed by atoms with van der Waals surface area (Å²) in [6.07, 6.45) is 0.747. The molecule has 8 heteroatoms. The van der Waals surface area contributed by atoms with Crippen molar-refractivity contribution in [2.75, 3.05) is 36.9 Å². The van der Waals surface area contributed by atoms with Crippen LogP contribution in [0.1, 0.15) is 12.5 Å². The number of hydrogen-bond acceptors (Lipinski definition) is 4. The molecule has 1 aliphatic heterocycles. The second-order valence-electron chi connectivity index (χ2n) is 5.53. The molecular weight excluding hydrogens is 316 g/mol. The minimum atomic E-state index is -3.39. The number of fused-ring (bicyclic) bond motifs is 1. The normalized spacial score (nSPS) is 16.3. The van der Waals surface area contributed by atoms with Gasteiger partial charge in [-0.2, -0.15) is 0 Å². The van der Waals surface area contributed by atoms with E-state index in [0.717, 1.165) is 17.7 Å². The first-order valence-electron chi connectivity index (χ1n) is 7.58. The molecule has 3 N–H and O–H groups in total. The molecule has 0 aromatic heterocycles. The Morgan fingerprint density at radius 2 is 2.22 bits per heavy atom. The summed E-state index contributed by atoms with van der Waals surface area (Å²) in [6, 6.07) is 7.59. The minimum Gasteiger partial charge on any atom is -0.383 e. The van der Waals surface area contributed by atoms with Crippen LogP contribution in [0.3, 0.4) is 0 Å². The fourth-order valence-corrected chi connectivity index (χ4v) is 3.97. The van der Waals surface area contributed by atoms with E-state index in [1.807, 2.05) is 31.2 Å². The van der Waals surface area contributed by atoms with Crippen molar-refractivity contribution in [1.29, 1.82) is 0 Å². The van der Waals surface area contributed by atoms with Gasteiger partial charge in [0.05, 0.1) is 24.6 Å². The largest absolute Gasteiger partial charge is 0.383 e. The van der Waals surface area contributed by atoms with Crippen molar-refractivity contribution in [2.45, 2.75) is 19.4 Å². The molecule has 1 atom stereocenters. The molecule has 0 saturated heterocycles. The number of hydrogen-bond donors (Lipinski definition) is 2. The predicted molar refractivity (Wildman–Crippen MR) is 92.2 cm³/mol. The maximum atomic E-state index is 12.5. The lowest BCUT2D eigenvalue weighted by Crippen LogP contribution is -2.41. The van der Waals surface area contributed by atoms with Crippen LogP contribution in [0.25, 0.3) is 0 Å². The molecule has 0 spiro atoms. The Bertz CT molecular complexity index is 660. The molecule has 0 aliphatic carbocycles. The molecular formula is C15H24N4O3S. The number of guanidine groups is 1. The molecule has 0 radical (unpaired) electrons. The third-order valence-corrected chi connectivity index (χ3v) is 5.37. The van der Waals surface area contributed by atoms with E-state index in [1.54, 1.807) is 7.11 Å². The zero-order valence-corrected chi connectivity index (χ0v) is 14.3. The lowest BCUT2D eigenvalue weighted by atomic mass is 10.2. The van der Waals surface area contributed by atoms with Gasteiger partial charge in [0, 0.05) is 19.7 Å². The van der Waals surface area contributed by atoms with Crippen molar-refractivity contribution >= 4 is 21.7 Å². The second-order valence-corrected chi connectivity index (χ2v) is 7.55. The number of nitrogens with one attached hydrogen (secondary N) is 1. The third-order valence-electron chi connectivity index (χ3n) is 3.62. The van der Waals surface area contributed by atoms with E-state index in [9.17, 15) is 8.42 Å². The van der Waals surface area contributed by atoms with Crippen molar-refractivity contribution in [2.24, 2.45) is 10.7 Å². The highest BCUT2D eigenvalue weighted by Crippen LogP contribution is 2.29. The summed E-state index contributed by atoms with van der Waals surface area (Å²) in [7, 11) is -1.79. The summed E-state index contributed by atoms with van der Waals surface area (Å²) in [4.78, 5) is 4.08. The highest BCUT2D eigenvalue weighted by Gasteiger charge is 2.28. The molecule has 0 saturated carbocycles. The number of methoxy groups -OCH3 is 1. The smallest absolute Gasteiger partial charge is 0.237 e. The predicted octanol–water partition coefficient (Wildman–Crippen LogP) is 0.318. The number of nitrogens with zero attached hydrogens (tertiary/aromatic N) is 2. The number of rotatable bonds is 7. The van der Waals surface area contributed by atoms with Crippen LogP contribution in [0, 0.1) is 0 Å². The molecule has 23 heavy (non-hydrogen) atoms. The molecule has 128 valence electrons. The van der Waals surface area contributed by atoms with E-state index in [1.165, 1.54) is 4.31 Å². The van der Waals surface area contributed by atoms with Gasteiger partial charge in [-0.05, 0) is 25.0 Å². The Morgan fingerprint density at radius 1 is 1.48 bits per heavy atom. The zero-order chi connectivity index (χ0) is 16.9. The molecule has 7 nitrogen and oxygen atoms in total. The molecule has 2 rings (SSSR count). The first kappa shape index (κ1) is 17.6. The molecule has 1 heterocycles. The quantitative estimate of drug-likeness (QED) is 0.550. The van der Waals surface area contributed by atoms with Crippen LogP contribution in [0.2, 0.25) is 0 Å². The topological polar surface area (TPSA) is 97.0 Å². The first-order valence-corrected chi connectivity index (χ1v) is 9.18. The summed E-state index contributed by atoms with van der Waals surface area (Å²) in [5, 5.41) is 2.95. The van der Waals surface area contributed by atoms with Crippen molar-refractivity contribution < 1.29 is 13.2 Å². The van der Waals surface area contributed by atoms with Gasteiger partial charge in [0.1, 0.15) is 0 Å². The minimum absolute atomic E-state index is 0.0193. The Labute approximate surface area is 137 Å². The van der Waals surface area contributed by atoms with E-state index in [2.05, 4.69) is 10.3 Å². The number of anilines is 1. The number of para-hydroxylation sites is 1. The molecule has 0 bridgehead atoms. The van der Waals surface area contributed by atoms with Gasteiger partial charge in [-0.1, -0.05) is 18.2 Å². The maximum absolute atomic E-state index is 12.5. The third kappa shape index (κ3) is 4.59. The van der Waals surface area contributed by atoms with Gasteiger partial charge in [-0.25, -0.2) is 8.42 Å². The van der Waals surface area contributed by atoms with E-state index < -0.39 is 10.0 Å². The van der Waals surface area contributed by atoms with Crippen LogP contribution in [0.5, 0.6) is 0 Å². The van der Waals surface area contributed by atoms with Crippen LogP contribution in [-0.4, -0.2) is 53.0 Å². The molecule has 0 fully saturated rings. The van der Waals surface area contributed by atoms with Gasteiger partial charge in [-0.3, -0.25) is 9.30 Å². The molecule has 1 unspecified atom stereocenters. The SMILES string of the molecule is COCC(C)NC(N)=NCCS(=O)(=O)N1CCc2ccccc21. The number of aliphatic imine (C=N–C) groups is 1. The highest BCUT2D eigenvalue weighted by atomic mass is 32.2. The molecule has 1 aliphatic rings. The number of ether oxygens (including phenoxy) is 1. The monoisotopic (exact) mass is 340 g/mol. The average molecular weight is 340 g/mol. The van der Waals surface area contributed by atoms with E-state index in [4.69, 9.17) is 10.5 Å². The van der Waals surface area contributed by atoms with Gasteiger partial charge in [0.25, 0.3) is 0 Å². The lowest BCUT2D eigenvalue weighted by molar-refractivity contribution is 0.179. The van der Waals surface area contributed by atoms with Gasteiger partial charge in [0.15, 0.2) is 5.96 Å². The number of nitrogens with two attached hydrogens (primary N) is 1. The van der Waals surface area contributed by atoms with E-state index in [0.29, 0.717) is 13.2 Å². The molecule has 0 amide bonds. The van der Waals surface area contributed by atoms with Crippen molar-refractivity contribution in [1.82, 2.24) is 5.32 Å². The molecule has 1 aromatic rings. The Morgan fingerprint density at radius 3 is 2.96 bits per heavy atom. The van der Waals surface area contributed by atoms with Crippen molar-refractivity contribution in [3.8, 4) is 0 Å². The highest BCUT2D eigenvalue weighted by molar-refractivity contribution is 7.92. The van der Waals surface area contributed by atoms with Crippen LogP contribution >= 0.6 is 0 Å². The standard InChI is InChI=1S/C15H24N4O3S/c1-12(11-22-2)18-15(16)17-8-10-23(20,21)19-9-7-13-5-3-4-6-14(13)19/h3-6,12H,7-11H2,1-2H3,(H3,16,17,18). The number of benzene rings is 1. The van der Waals surface area contributed by atoms with Crippen LogP contribution in [0.15, 0.2) is 29.3 Å². The first-order chi connectivity index (χ1) is 10.9. The van der Waals surface area contributed by atoms with Crippen LogP contribution in [-0.2, 0) is 21.2 Å². The lowest BCUT2D eigenvalue weighted by Gasteiger charge is -2.19. The van der Waals surface area contributed by atoms with Gasteiger partial charge >= 0.3 is 0 Å². The van der Waals surface area contributed by atoms with Crippen molar-refractivity contribution in [3.05, 3.63) is 29.8 Å². The van der Waals surface area contributed by atoms with E-state index in [-0.39, 0.29) is 24.3 Å². The Hall–Kier alpha value is -1.80. The van der Waals surface area contributed by atoms with E-state index >= 15 is 0 Å². The van der Waals surface area contributed by atoms with Gasteiger partial charge in [0.2, 0.25) is 10.0 Å².